The molecule has 0 atom stereocenters. The van der Waals surface area contributed by atoms with Gasteiger partial charge in [0.25, 0.3) is 0 Å². The number of aryl methyl sites for hydroxylation is 1. The second kappa shape index (κ2) is 4.83. The van der Waals surface area contributed by atoms with Crippen LogP contribution in [-0.2, 0) is 4.79 Å². The van der Waals surface area contributed by atoms with Crippen molar-refractivity contribution in [3.63, 3.8) is 0 Å². The Morgan fingerprint density at radius 1 is 1.50 bits per heavy atom. The molecule has 0 saturated carbocycles. The van der Waals surface area contributed by atoms with E-state index in [2.05, 4.69) is 5.10 Å². The van der Waals surface area contributed by atoms with Crippen molar-refractivity contribution in [1.82, 2.24) is 9.78 Å². The minimum absolute atomic E-state index is 0.100. The van der Waals surface area contributed by atoms with Crippen LogP contribution in [0.1, 0.15) is 31.1 Å². The van der Waals surface area contributed by atoms with Gasteiger partial charge in [-0.05, 0) is 20.8 Å². The van der Waals surface area contributed by atoms with Crippen LogP contribution in [0.2, 0.25) is 0 Å². The van der Waals surface area contributed by atoms with Crippen molar-refractivity contribution in [1.29, 1.82) is 0 Å². The summed E-state index contributed by atoms with van der Waals surface area (Å²) in [6, 6.07) is -0.100. The van der Waals surface area contributed by atoms with E-state index in [1.807, 2.05) is 0 Å². The zero-order valence-electron chi connectivity index (χ0n) is 10.1. The van der Waals surface area contributed by atoms with E-state index in [4.69, 9.17) is 5.11 Å². The Morgan fingerprint density at radius 3 is 2.39 bits per heavy atom. The fourth-order valence-electron chi connectivity index (χ4n) is 1.45. The Hall–Kier alpha value is -1.79. The maximum atomic E-state index is 12.8. The van der Waals surface area contributed by atoms with Gasteiger partial charge in [-0.2, -0.15) is 18.3 Å². The molecule has 1 heterocycles. The molecule has 100 valence electrons. The fraction of sp³-hybridized carbons (Fsp3) is 0.455. The fourth-order valence-corrected chi connectivity index (χ4v) is 1.45. The first-order valence-corrected chi connectivity index (χ1v) is 5.21. The van der Waals surface area contributed by atoms with E-state index in [9.17, 15) is 18.0 Å². The van der Waals surface area contributed by atoms with E-state index < -0.39 is 17.7 Å². The van der Waals surface area contributed by atoms with Crippen molar-refractivity contribution < 1.29 is 23.1 Å². The molecule has 0 unspecified atom stereocenters. The maximum Gasteiger partial charge on any atom is 0.417 e. The molecular formula is C11H13F3N2O2. The van der Waals surface area contributed by atoms with Gasteiger partial charge in [0.15, 0.2) is 0 Å². The summed E-state index contributed by atoms with van der Waals surface area (Å²) in [4.78, 5) is 10.5. The number of aromatic nitrogens is 2. The van der Waals surface area contributed by atoms with E-state index in [0.29, 0.717) is 0 Å². The van der Waals surface area contributed by atoms with Crippen LogP contribution >= 0.6 is 0 Å². The van der Waals surface area contributed by atoms with E-state index >= 15 is 0 Å². The minimum atomic E-state index is -4.73. The van der Waals surface area contributed by atoms with Gasteiger partial charge in [0.1, 0.15) is 0 Å². The molecule has 0 aliphatic rings. The average Bonchev–Trinajstić information content (AvgIpc) is 2.55. The highest BCUT2D eigenvalue weighted by Gasteiger charge is 2.37. The van der Waals surface area contributed by atoms with Crippen LogP contribution < -0.4 is 0 Å². The number of allylic oxidation sites excluding steroid dienone is 1. The number of halogens is 3. The van der Waals surface area contributed by atoms with E-state index in [1.54, 1.807) is 13.8 Å². The highest BCUT2D eigenvalue weighted by atomic mass is 19.4. The largest absolute Gasteiger partial charge is 0.478 e. The molecule has 18 heavy (non-hydrogen) atoms. The van der Waals surface area contributed by atoms with Crippen LogP contribution in [0.5, 0.6) is 0 Å². The summed E-state index contributed by atoms with van der Waals surface area (Å²) >= 11 is 0. The van der Waals surface area contributed by atoms with Gasteiger partial charge >= 0.3 is 12.1 Å². The minimum Gasteiger partial charge on any atom is -0.478 e. The van der Waals surface area contributed by atoms with E-state index in [-0.39, 0.29) is 23.4 Å². The first kappa shape index (κ1) is 14.3. The number of carboxylic acids is 1. The highest BCUT2D eigenvalue weighted by Crippen LogP contribution is 2.35. The number of aliphatic carboxylic acids is 1. The van der Waals surface area contributed by atoms with E-state index in [0.717, 1.165) is 0 Å². The Balaban J connectivity index is 3.35. The van der Waals surface area contributed by atoms with Crippen molar-refractivity contribution in [3.8, 4) is 0 Å². The quantitative estimate of drug-likeness (QED) is 0.852. The molecule has 0 fully saturated rings. The molecular weight excluding hydrogens is 249 g/mol. The van der Waals surface area contributed by atoms with Crippen LogP contribution in [0.25, 0.3) is 5.57 Å². The Kier molecular flexibility index (Phi) is 3.83. The normalized spacial score (nSPS) is 13.2. The van der Waals surface area contributed by atoms with Gasteiger partial charge < -0.3 is 5.11 Å². The molecule has 0 saturated heterocycles. The molecule has 1 N–H and O–H groups in total. The summed E-state index contributed by atoms with van der Waals surface area (Å²) in [5.41, 5.74) is -1.26. The predicted octanol–water partition coefficient (Wildman–Crippen LogP) is 2.80. The van der Waals surface area contributed by atoms with Gasteiger partial charge in [0, 0.05) is 23.9 Å². The summed E-state index contributed by atoms with van der Waals surface area (Å²) in [6.45, 7) is 4.95. The summed E-state index contributed by atoms with van der Waals surface area (Å²) in [6.07, 6.45) is -3.36. The van der Waals surface area contributed by atoms with Crippen molar-refractivity contribution in [2.45, 2.75) is 33.0 Å². The summed E-state index contributed by atoms with van der Waals surface area (Å²) in [5, 5.41) is 12.4. The standard InChI is InChI=1S/C11H13F3N2O2/c1-6(2)16-5-8(7(3)15-16)9(4-10(17)18)11(12,13)14/h4-6H,1-3H3,(H,17,18). The molecule has 0 bridgehead atoms. The summed E-state index contributed by atoms with van der Waals surface area (Å²) in [7, 11) is 0. The lowest BCUT2D eigenvalue weighted by atomic mass is 10.1. The van der Waals surface area contributed by atoms with E-state index in [1.165, 1.54) is 17.8 Å². The number of nitrogens with zero attached hydrogens (tertiary/aromatic N) is 2. The SMILES string of the molecule is Cc1nn(C(C)C)cc1C(=CC(=O)O)C(F)(F)F. The number of hydrogen-bond donors (Lipinski definition) is 1. The molecule has 0 aliphatic carbocycles. The number of rotatable bonds is 3. The zero-order valence-corrected chi connectivity index (χ0v) is 10.1. The number of carbonyl (C=O) groups is 1. The molecule has 0 spiro atoms. The Labute approximate surface area is 102 Å². The lowest BCUT2D eigenvalue weighted by Crippen LogP contribution is -2.13. The first-order valence-electron chi connectivity index (χ1n) is 5.21. The maximum absolute atomic E-state index is 12.8. The summed E-state index contributed by atoms with van der Waals surface area (Å²) in [5.74, 6) is -1.64. The smallest absolute Gasteiger partial charge is 0.417 e. The molecule has 0 aromatic carbocycles. The van der Waals surface area contributed by atoms with Crippen molar-refractivity contribution in [2.75, 3.05) is 0 Å². The topological polar surface area (TPSA) is 55.1 Å². The summed E-state index contributed by atoms with van der Waals surface area (Å²) < 4.78 is 39.7. The van der Waals surface area contributed by atoms with Crippen LogP contribution in [0, 0.1) is 6.92 Å². The highest BCUT2D eigenvalue weighted by molar-refractivity contribution is 5.91. The molecule has 0 amide bonds. The van der Waals surface area contributed by atoms with Gasteiger partial charge in [0.05, 0.1) is 11.3 Å². The van der Waals surface area contributed by atoms with Gasteiger partial charge in [0.2, 0.25) is 0 Å². The third-order valence-electron chi connectivity index (χ3n) is 2.31. The van der Waals surface area contributed by atoms with Crippen LogP contribution in [0.4, 0.5) is 13.2 Å². The first-order chi connectivity index (χ1) is 8.12. The second-order valence-electron chi connectivity index (χ2n) is 4.10. The zero-order chi connectivity index (χ0) is 14.1. The van der Waals surface area contributed by atoms with Crippen LogP contribution in [0.15, 0.2) is 12.3 Å². The van der Waals surface area contributed by atoms with Crippen molar-refractivity contribution in [2.24, 2.45) is 0 Å². The third-order valence-corrected chi connectivity index (χ3v) is 2.31. The van der Waals surface area contributed by atoms with Crippen molar-refractivity contribution >= 4 is 11.5 Å². The molecule has 4 nitrogen and oxygen atoms in total. The lowest BCUT2D eigenvalue weighted by molar-refractivity contribution is -0.131. The predicted molar refractivity (Wildman–Crippen MR) is 59.0 cm³/mol. The number of carboxylic acid groups (broad SMARTS) is 1. The second-order valence-corrected chi connectivity index (χ2v) is 4.10. The number of alkyl halides is 3. The Morgan fingerprint density at radius 2 is 2.06 bits per heavy atom. The monoisotopic (exact) mass is 262 g/mol. The van der Waals surface area contributed by atoms with Gasteiger partial charge in [-0.25, -0.2) is 4.79 Å². The molecule has 7 heteroatoms. The third kappa shape index (κ3) is 3.12. The molecule has 1 aromatic rings. The van der Waals surface area contributed by atoms with Gasteiger partial charge in [-0.15, -0.1) is 0 Å². The number of hydrogen-bond acceptors (Lipinski definition) is 2. The molecule has 1 rings (SSSR count). The van der Waals surface area contributed by atoms with Crippen molar-refractivity contribution in [3.05, 3.63) is 23.5 Å². The average molecular weight is 262 g/mol. The van der Waals surface area contributed by atoms with Gasteiger partial charge in [-0.3, -0.25) is 4.68 Å². The molecule has 0 radical (unpaired) electrons. The van der Waals surface area contributed by atoms with Gasteiger partial charge in [-0.1, -0.05) is 0 Å². The molecule has 0 aliphatic heterocycles. The van der Waals surface area contributed by atoms with Crippen LogP contribution in [-0.4, -0.2) is 27.0 Å². The Bertz CT molecular complexity index is 487. The van der Waals surface area contributed by atoms with Crippen LogP contribution in [0.3, 0.4) is 0 Å². The lowest BCUT2D eigenvalue weighted by Gasteiger charge is -2.10. The molecule has 1 aromatic heterocycles.